The van der Waals surface area contributed by atoms with Crippen LogP contribution in [0.5, 0.6) is 0 Å². The fraction of sp³-hybridized carbons (Fsp3) is 0.350. The van der Waals surface area contributed by atoms with Crippen LogP contribution in [0.25, 0.3) is 0 Å². The second-order valence-corrected chi connectivity index (χ2v) is 9.44. The van der Waals surface area contributed by atoms with Crippen molar-refractivity contribution in [3.05, 3.63) is 64.4 Å². The van der Waals surface area contributed by atoms with Crippen molar-refractivity contribution in [3.63, 3.8) is 0 Å². The second kappa shape index (κ2) is 8.79. The van der Waals surface area contributed by atoms with Gasteiger partial charge in [-0.25, -0.2) is 12.8 Å². The minimum absolute atomic E-state index is 0.0334. The second-order valence-electron chi connectivity index (χ2n) is 7.10. The Morgan fingerprint density at radius 1 is 1.10 bits per heavy atom. The Morgan fingerprint density at radius 2 is 1.72 bits per heavy atom. The molecule has 1 atom stereocenters. The molecule has 0 unspecified atom stereocenters. The third-order valence-electron chi connectivity index (χ3n) is 5.00. The lowest BCUT2D eigenvalue weighted by Gasteiger charge is -2.31. The SMILES string of the molecule is C[C@@H](NC(=O)c1cc(S(=O)(=O)N2CCN(C)CC2)ccc1Cl)c1ccc(F)cc1. The Bertz CT molecular complexity index is 991. The van der Waals surface area contributed by atoms with Crippen molar-refractivity contribution < 1.29 is 17.6 Å². The van der Waals surface area contributed by atoms with Gasteiger partial charge in [0.15, 0.2) is 0 Å². The Labute approximate surface area is 175 Å². The highest BCUT2D eigenvalue weighted by Crippen LogP contribution is 2.24. The van der Waals surface area contributed by atoms with Gasteiger partial charge in [0.1, 0.15) is 5.82 Å². The predicted molar refractivity (Wildman–Crippen MR) is 110 cm³/mol. The summed E-state index contributed by atoms with van der Waals surface area (Å²) in [6.07, 6.45) is 0. The maximum atomic E-state index is 13.1. The van der Waals surface area contributed by atoms with Gasteiger partial charge in [0.2, 0.25) is 10.0 Å². The summed E-state index contributed by atoms with van der Waals surface area (Å²) < 4.78 is 40.4. The average Bonchev–Trinajstić information content (AvgIpc) is 2.68. The van der Waals surface area contributed by atoms with E-state index in [0.717, 1.165) is 5.56 Å². The van der Waals surface area contributed by atoms with E-state index in [1.807, 2.05) is 7.05 Å². The summed E-state index contributed by atoms with van der Waals surface area (Å²) in [5.74, 6) is -0.862. The van der Waals surface area contributed by atoms with Crippen LogP contribution in [-0.2, 0) is 10.0 Å². The molecule has 1 aliphatic heterocycles. The van der Waals surface area contributed by atoms with Crippen molar-refractivity contribution in [1.29, 1.82) is 0 Å². The Hall–Kier alpha value is -2.00. The molecule has 0 aromatic heterocycles. The number of carbonyl (C=O) groups excluding carboxylic acids is 1. The Kier molecular flexibility index (Phi) is 6.58. The zero-order valence-corrected chi connectivity index (χ0v) is 17.8. The van der Waals surface area contributed by atoms with Crippen LogP contribution in [0.15, 0.2) is 47.4 Å². The third-order valence-corrected chi connectivity index (χ3v) is 7.22. The number of carbonyl (C=O) groups is 1. The number of halogens is 2. The number of nitrogens with one attached hydrogen (secondary N) is 1. The number of nitrogens with zero attached hydrogens (tertiary/aromatic N) is 2. The van der Waals surface area contributed by atoms with Crippen molar-refractivity contribution >= 4 is 27.5 Å². The number of amides is 1. The lowest BCUT2D eigenvalue weighted by molar-refractivity contribution is 0.0940. The maximum Gasteiger partial charge on any atom is 0.253 e. The lowest BCUT2D eigenvalue weighted by atomic mass is 10.1. The van der Waals surface area contributed by atoms with E-state index in [-0.39, 0.29) is 21.3 Å². The first-order chi connectivity index (χ1) is 13.7. The molecule has 156 valence electrons. The largest absolute Gasteiger partial charge is 0.345 e. The van der Waals surface area contributed by atoms with Crippen molar-refractivity contribution in [3.8, 4) is 0 Å². The standard InChI is InChI=1S/C20H23ClFN3O3S/c1-14(15-3-5-16(22)6-4-15)23-20(26)18-13-17(7-8-19(18)21)29(27,28)25-11-9-24(2)10-12-25/h3-8,13-14H,9-12H2,1-2H3,(H,23,26)/t14-/m1/s1. The summed E-state index contributed by atoms with van der Waals surface area (Å²) in [6, 6.07) is 9.52. The molecule has 29 heavy (non-hydrogen) atoms. The van der Waals surface area contributed by atoms with Crippen molar-refractivity contribution in [2.75, 3.05) is 33.2 Å². The topological polar surface area (TPSA) is 69.7 Å². The number of hydrogen-bond donors (Lipinski definition) is 1. The molecular formula is C20H23ClFN3O3S. The van der Waals surface area contributed by atoms with Crippen molar-refractivity contribution in [1.82, 2.24) is 14.5 Å². The van der Waals surface area contributed by atoms with E-state index >= 15 is 0 Å². The molecule has 0 bridgehead atoms. The quantitative estimate of drug-likeness (QED) is 0.777. The highest BCUT2D eigenvalue weighted by atomic mass is 35.5. The minimum atomic E-state index is -3.72. The van der Waals surface area contributed by atoms with Gasteiger partial charge in [-0.2, -0.15) is 4.31 Å². The van der Waals surface area contributed by atoms with Gasteiger partial charge in [0, 0.05) is 26.2 Å². The van der Waals surface area contributed by atoms with E-state index in [0.29, 0.717) is 26.2 Å². The van der Waals surface area contributed by atoms with E-state index in [9.17, 15) is 17.6 Å². The first-order valence-electron chi connectivity index (χ1n) is 9.23. The molecular weight excluding hydrogens is 417 g/mol. The number of hydrogen-bond acceptors (Lipinski definition) is 4. The zero-order chi connectivity index (χ0) is 21.2. The van der Waals surface area contributed by atoms with Gasteiger partial charge in [0.05, 0.1) is 21.5 Å². The molecule has 0 aliphatic carbocycles. The maximum absolute atomic E-state index is 13.1. The van der Waals surface area contributed by atoms with E-state index in [1.54, 1.807) is 19.1 Å². The number of likely N-dealkylation sites (N-methyl/N-ethyl adjacent to an activating group) is 1. The fourth-order valence-corrected chi connectivity index (χ4v) is 4.78. The molecule has 2 aromatic carbocycles. The summed E-state index contributed by atoms with van der Waals surface area (Å²) in [5.41, 5.74) is 0.799. The molecule has 1 fully saturated rings. The van der Waals surface area contributed by atoms with Crippen LogP contribution in [0.2, 0.25) is 5.02 Å². The molecule has 6 nitrogen and oxygen atoms in total. The average molecular weight is 440 g/mol. The fourth-order valence-electron chi connectivity index (χ4n) is 3.13. The predicted octanol–water partition coefficient (Wildman–Crippen LogP) is 2.91. The third kappa shape index (κ3) is 4.95. The van der Waals surface area contributed by atoms with Gasteiger partial charge >= 0.3 is 0 Å². The van der Waals surface area contributed by atoms with Crippen LogP contribution in [0, 0.1) is 5.82 Å². The van der Waals surface area contributed by atoms with Crippen molar-refractivity contribution in [2.45, 2.75) is 17.9 Å². The molecule has 1 amide bonds. The summed E-state index contributed by atoms with van der Waals surface area (Å²) in [5, 5.41) is 2.93. The summed E-state index contributed by atoms with van der Waals surface area (Å²) in [7, 11) is -1.78. The summed E-state index contributed by atoms with van der Waals surface area (Å²) in [6.45, 7) is 3.84. The number of benzene rings is 2. The van der Waals surface area contributed by atoms with Gasteiger partial charge < -0.3 is 10.2 Å². The van der Waals surface area contributed by atoms with E-state index < -0.39 is 22.0 Å². The lowest BCUT2D eigenvalue weighted by Crippen LogP contribution is -2.47. The molecule has 1 heterocycles. The molecule has 1 N–H and O–H groups in total. The van der Waals surface area contributed by atoms with Crippen LogP contribution in [0.3, 0.4) is 0 Å². The van der Waals surface area contributed by atoms with E-state index in [4.69, 9.17) is 11.6 Å². The molecule has 3 rings (SSSR count). The molecule has 9 heteroatoms. The van der Waals surface area contributed by atoms with Crippen LogP contribution in [0.4, 0.5) is 4.39 Å². The summed E-state index contributed by atoms with van der Waals surface area (Å²) in [4.78, 5) is 14.8. The van der Waals surface area contributed by atoms with Gasteiger partial charge in [-0.15, -0.1) is 0 Å². The highest BCUT2D eigenvalue weighted by Gasteiger charge is 2.28. The summed E-state index contributed by atoms with van der Waals surface area (Å²) >= 11 is 6.17. The van der Waals surface area contributed by atoms with Gasteiger partial charge in [-0.05, 0) is 49.9 Å². The monoisotopic (exact) mass is 439 g/mol. The van der Waals surface area contributed by atoms with Gasteiger partial charge in [0.25, 0.3) is 5.91 Å². The van der Waals surface area contributed by atoms with E-state index in [1.165, 1.54) is 34.6 Å². The Morgan fingerprint density at radius 3 is 2.34 bits per heavy atom. The number of rotatable bonds is 5. The molecule has 0 saturated carbocycles. The van der Waals surface area contributed by atoms with Crippen LogP contribution >= 0.6 is 11.6 Å². The smallest absolute Gasteiger partial charge is 0.253 e. The van der Waals surface area contributed by atoms with E-state index in [2.05, 4.69) is 10.2 Å². The van der Waals surface area contributed by atoms with Crippen LogP contribution < -0.4 is 5.32 Å². The highest BCUT2D eigenvalue weighted by molar-refractivity contribution is 7.89. The first-order valence-corrected chi connectivity index (χ1v) is 11.0. The Balaban J connectivity index is 1.81. The number of sulfonamides is 1. The molecule has 1 saturated heterocycles. The normalized spacial score (nSPS) is 17.1. The number of piperazine rings is 1. The van der Waals surface area contributed by atoms with Crippen LogP contribution in [-0.4, -0.2) is 56.8 Å². The zero-order valence-electron chi connectivity index (χ0n) is 16.2. The molecule has 0 radical (unpaired) electrons. The van der Waals surface area contributed by atoms with Crippen molar-refractivity contribution in [2.24, 2.45) is 0 Å². The van der Waals surface area contributed by atoms with Gasteiger partial charge in [-0.1, -0.05) is 23.7 Å². The molecule has 1 aliphatic rings. The van der Waals surface area contributed by atoms with Gasteiger partial charge in [-0.3, -0.25) is 4.79 Å². The molecule has 2 aromatic rings. The minimum Gasteiger partial charge on any atom is -0.345 e. The first kappa shape index (κ1) is 21.7. The van der Waals surface area contributed by atoms with Crippen LogP contribution in [0.1, 0.15) is 28.9 Å². The molecule has 0 spiro atoms.